The van der Waals surface area contributed by atoms with Crippen LogP contribution >= 0.6 is 11.3 Å². The Balaban J connectivity index is 1.71. The highest BCUT2D eigenvalue weighted by atomic mass is 32.1. The van der Waals surface area contributed by atoms with E-state index in [1.165, 1.54) is 6.33 Å². The number of carbonyl (C=O) groups excluding carboxylic acids is 1. The number of benzene rings is 1. The van der Waals surface area contributed by atoms with Crippen LogP contribution in [-0.2, 0) is 13.1 Å². The van der Waals surface area contributed by atoms with Crippen molar-refractivity contribution >= 4 is 17.2 Å². The molecule has 122 valence electrons. The van der Waals surface area contributed by atoms with Crippen LogP contribution in [0, 0.1) is 0 Å². The van der Waals surface area contributed by atoms with Crippen LogP contribution in [0.1, 0.15) is 20.8 Å². The Morgan fingerprint density at radius 1 is 1.29 bits per heavy atom. The highest BCUT2D eigenvalue weighted by Crippen LogP contribution is 2.15. The molecule has 5 nitrogen and oxygen atoms in total. The minimum absolute atomic E-state index is 0.00982. The van der Waals surface area contributed by atoms with E-state index in [2.05, 4.69) is 16.7 Å². The molecule has 0 fully saturated rings. The van der Waals surface area contributed by atoms with Crippen LogP contribution in [0.4, 0.5) is 0 Å². The highest BCUT2D eigenvalue weighted by Gasteiger charge is 2.15. The van der Waals surface area contributed by atoms with Crippen LogP contribution in [0.25, 0.3) is 0 Å². The normalized spacial score (nSPS) is 10.5. The molecule has 0 unspecified atom stereocenters. The predicted molar refractivity (Wildman–Crippen MR) is 94.8 cm³/mol. The Kier molecular flexibility index (Phi) is 5.18. The number of aromatic nitrogens is 3. The van der Waals surface area contributed by atoms with Crippen molar-refractivity contribution in [2.75, 3.05) is 6.54 Å². The van der Waals surface area contributed by atoms with E-state index in [9.17, 15) is 4.79 Å². The van der Waals surface area contributed by atoms with Gasteiger partial charge in [-0.1, -0.05) is 24.3 Å². The number of rotatable bonds is 7. The third-order valence-electron chi connectivity index (χ3n) is 3.58. The Morgan fingerprint density at radius 3 is 2.75 bits per heavy atom. The Bertz CT molecular complexity index is 779. The number of thiophene rings is 1. The van der Waals surface area contributed by atoms with Crippen molar-refractivity contribution in [1.82, 2.24) is 19.7 Å². The fourth-order valence-corrected chi connectivity index (χ4v) is 3.12. The monoisotopic (exact) mass is 338 g/mol. The van der Waals surface area contributed by atoms with Crippen molar-refractivity contribution < 1.29 is 4.79 Å². The quantitative estimate of drug-likeness (QED) is 0.622. The molecule has 24 heavy (non-hydrogen) atoms. The van der Waals surface area contributed by atoms with Crippen molar-refractivity contribution in [3.63, 3.8) is 0 Å². The van der Waals surface area contributed by atoms with Crippen molar-refractivity contribution in [3.05, 3.63) is 83.1 Å². The van der Waals surface area contributed by atoms with Gasteiger partial charge in [0.05, 0.1) is 13.1 Å². The van der Waals surface area contributed by atoms with Gasteiger partial charge in [-0.05, 0) is 29.1 Å². The number of carbonyl (C=O) groups is 1. The average Bonchev–Trinajstić information content (AvgIpc) is 3.28. The third-order valence-corrected chi connectivity index (χ3v) is 4.44. The highest BCUT2D eigenvalue weighted by molar-refractivity contribution is 7.09. The molecule has 0 N–H and O–H groups in total. The lowest BCUT2D eigenvalue weighted by Crippen LogP contribution is -2.30. The summed E-state index contributed by atoms with van der Waals surface area (Å²) in [6.07, 6.45) is 4.94. The summed E-state index contributed by atoms with van der Waals surface area (Å²) in [7, 11) is 0. The molecule has 3 rings (SSSR count). The molecule has 0 bridgehead atoms. The van der Waals surface area contributed by atoms with E-state index < -0.39 is 0 Å². The van der Waals surface area contributed by atoms with Gasteiger partial charge < -0.3 is 4.90 Å². The molecule has 1 amide bonds. The topological polar surface area (TPSA) is 51.0 Å². The number of hydrogen-bond donors (Lipinski definition) is 0. The first-order valence-electron chi connectivity index (χ1n) is 7.60. The second kappa shape index (κ2) is 7.70. The van der Waals surface area contributed by atoms with Crippen molar-refractivity contribution in [1.29, 1.82) is 0 Å². The summed E-state index contributed by atoms with van der Waals surface area (Å²) in [4.78, 5) is 19.6. The first-order chi connectivity index (χ1) is 11.8. The number of nitrogens with zero attached hydrogens (tertiary/aromatic N) is 4. The fourth-order valence-electron chi connectivity index (χ4n) is 2.40. The average molecular weight is 338 g/mol. The molecule has 3 aromatic rings. The van der Waals surface area contributed by atoms with Gasteiger partial charge in [0.2, 0.25) is 0 Å². The van der Waals surface area contributed by atoms with E-state index in [1.807, 2.05) is 41.8 Å². The van der Waals surface area contributed by atoms with Gasteiger partial charge in [-0.25, -0.2) is 9.67 Å². The van der Waals surface area contributed by atoms with Crippen LogP contribution in [-0.4, -0.2) is 32.1 Å². The van der Waals surface area contributed by atoms with Gasteiger partial charge >= 0.3 is 0 Å². The predicted octanol–water partition coefficient (Wildman–Crippen LogP) is 3.22. The van der Waals surface area contributed by atoms with Gasteiger partial charge in [0.25, 0.3) is 5.91 Å². The minimum atomic E-state index is 0.00982. The molecule has 0 radical (unpaired) electrons. The molecule has 0 saturated carbocycles. The van der Waals surface area contributed by atoms with Gasteiger partial charge in [0, 0.05) is 17.0 Å². The maximum absolute atomic E-state index is 12.7. The lowest BCUT2D eigenvalue weighted by atomic mass is 10.1. The molecule has 0 aliphatic carbocycles. The summed E-state index contributed by atoms with van der Waals surface area (Å²) in [5.74, 6) is 0.00982. The number of amides is 1. The number of hydrogen-bond acceptors (Lipinski definition) is 4. The lowest BCUT2D eigenvalue weighted by Gasteiger charge is -2.20. The zero-order valence-electron chi connectivity index (χ0n) is 13.2. The minimum Gasteiger partial charge on any atom is -0.330 e. The van der Waals surface area contributed by atoms with Crippen LogP contribution in [0.2, 0.25) is 0 Å². The Morgan fingerprint density at radius 2 is 2.12 bits per heavy atom. The van der Waals surface area contributed by atoms with E-state index >= 15 is 0 Å². The first kappa shape index (κ1) is 16.1. The van der Waals surface area contributed by atoms with Crippen LogP contribution < -0.4 is 0 Å². The molecule has 0 aliphatic heterocycles. The molecule has 6 heteroatoms. The molecule has 2 aromatic heterocycles. The summed E-state index contributed by atoms with van der Waals surface area (Å²) in [6.45, 7) is 5.52. The summed E-state index contributed by atoms with van der Waals surface area (Å²) < 4.78 is 1.75. The summed E-state index contributed by atoms with van der Waals surface area (Å²) >= 11 is 1.65. The van der Waals surface area contributed by atoms with Crippen LogP contribution in [0.3, 0.4) is 0 Å². The fraction of sp³-hybridized carbons (Fsp3) is 0.167. The molecule has 2 heterocycles. The van der Waals surface area contributed by atoms with E-state index in [0.29, 0.717) is 25.2 Å². The molecule has 0 aliphatic rings. The van der Waals surface area contributed by atoms with Gasteiger partial charge in [0.15, 0.2) is 0 Å². The van der Waals surface area contributed by atoms with Gasteiger partial charge in [-0.2, -0.15) is 5.10 Å². The smallest absolute Gasteiger partial charge is 0.254 e. The van der Waals surface area contributed by atoms with Crippen molar-refractivity contribution in [3.8, 4) is 0 Å². The SMILES string of the molecule is C=CCN(Cc1cccs1)C(=O)c1ccc(Cn2cncn2)cc1. The molecule has 0 saturated heterocycles. The van der Waals surface area contributed by atoms with E-state index in [-0.39, 0.29) is 5.91 Å². The van der Waals surface area contributed by atoms with Gasteiger partial charge in [-0.15, -0.1) is 17.9 Å². The summed E-state index contributed by atoms with van der Waals surface area (Å²) in [5.41, 5.74) is 1.75. The molecule has 0 spiro atoms. The molecule has 1 aromatic carbocycles. The zero-order valence-corrected chi connectivity index (χ0v) is 14.0. The summed E-state index contributed by atoms with van der Waals surface area (Å²) in [6, 6.07) is 11.7. The Labute approximate surface area is 144 Å². The third kappa shape index (κ3) is 3.97. The second-order valence-electron chi connectivity index (χ2n) is 5.34. The Hall–Kier alpha value is -2.73. The summed E-state index contributed by atoms with van der Waals surface area (Å²) in [5, 5.41) is 6.10. The molecular formula is C18H18N4OS. The second-order valence-corrected chi connectivity index (χ2v) is 6.38. The van der Waals surface area contributed by atoms with Crippen LogP contribution in [0.15, 0.2) is 67.1 Å². The van der Waals surface area contributed by atoms with Gasteiger partial charge in [-0.3, -0.25) is 4.79 Å². The van der Waals surface area contributed by atoms with Crippen molar-refractivity contribution in [2.24, 2.45) is 0 Å². The van der Waals surface area contributed by atoms with Crippen molar-refractivity contribution in [2.45, 2.75) is 13.1 Å². The maximum atomic E-state index is 12.7. The lowest BCUT2D eigenvalue weighted by molar-refractivity contribution is 0.0764. The largest absolute Gasteiger partial charge is 0.330 e. The van der Waals surface area contributed by atoms with E-state index in [4.69, 9.17) is 0 Å². The zero-order chi connectivity index (χ0) is 16.8. The maximum Gasteiger partial charge on any atom is 0.254 e. The molecular weight excluding hydrogens is 320 g/mol. The van der Waals surface area contributed by atoms with Crippen LogP contribution in [0.5, 0.6) is 0 Å². The first-order valence-corrected chi connectivity index (χ1v) is 8.48. The van der Waals surface area contributed by atoms with Gasteiger partial charge in [0.1, 0.15) is 12.7 Å². The standard InChI is InChI=1S/C18H18N4OS/c1-2-9-21(12-17-4-3-10-24-17)18(23)16-7-5-15(6-8-16)11-22-14-19-13-20-22/h2-8,10,13-14H,1,9,11-12H2. The molecule has 0 atom stereocenters. The van der Waals surface area contributed by atoms with E-state index in [1.54, 1.807) is 33.3 Å². The van der Waals surface area contributed by atoms with E-state index in [0.717, 1.165) is 10.4 Å².